The van der Waals surface area contributed by atoms with Crippen molar-refractivity contribution in [2.75, 3.05) is 0 Å². The van der Waals surface area contributed by atoms with Gasteiger partial charge in [0.05, 0.1) is 0 Å². The number of rotatable bonds is 0. The first-order valence-electron chi connectivity index (χ1n) is 2.93. The number of fused-ring (bicyclic) bond motifs is 1. The molecule has 1 aliphatic carbocycles. The van der Waals surface area contributed by atoms with Crippen LogP contribution in [0.1, 0.15) is 24.0 Å². The molecule has 1 unspecified atom stereocenters. The van der Waals surface area contributed by atoms with Gasteiger partial charge in [-0.3, -0.25) is 0 Å². The Hall–Kier alpha value is -0.300. The molecule has 1 aromatic heterocycles. The maximum atomic E-state index is 2.29. The Morgan fingerprint density at radius 1 is 1.62 bits per heavy atom. The lowest BCUT2D eigenvalue weighted by Gasteiger charge is -2.21. The smallest absolute Gasteiger partial charge is 0.00556 e. The van der Waals surface area contributed by atoms with Crippen LogP contribution in [-0.4, -0.2) is 0 Å². The van der Waals surface area contributed by atoms with Gasteiger partial charge in [-0.1, -0.05) is 6.92 Å². The van der Waals surface area contributed by atoms with Crippen molar-refractivity contribution >= 4 is 11.3 Å². The quantitative estimate of drug-likeness (QED) is 0.498. The molecular formula is C7H8S. The van der Waals surface area contributed by atoms with Gasteiger partial charge in [-0.25, -0.2) is 0 Å². The van der Waals surface area contributed by atoms with Crippen molar-refractivity contribution in [1.82, 2.24) is 0 Å². The van der Waals surface area contributed by atoms with Crippen molar-refractivity contribution < 1.29 is 0 Å². The minimum Gasteiger partial charge on any atom is -0.152 e. The average Bonchev–Trinajstić information content (AvgIpc) is 2.09. The van der Waals surface area contributed by atoms with Gasteiger partial charge in [0.2, 0.25) is 0 Å². The molecule has 0 spiro atoms. The highest BCUT2D eigenvalue weighted by atomic mass is 32.1. The monoisotopic (exact) mass is 124 g/mol. The zero-order valence-electron chi connectivity index (χ0n) is 4.85. The predicted molar refractivity (Wildman–Crippen MR) is 36.4 cm³/mol. The Labute approximate surface area is 53.2 Å². The van der Waals surface area contributed by atoms with Gasteiger partial charge in [-0.2, -0.15) is 11.3 Å². The van der Waals surface area contributed by atoms with Crippen LogP contribution in [0.5, 0.6) is 0 Å². The fourth-order valence-corrected chi connectivity index (χ4v) is 2.24. The lowest BCUT2D eigenvalue weighted by Crippen LogP contribution is -2.09. The second kappa shape index (κ2) is 1.35. The van der Waals surface area contributed by atoms with Crippen molar-refractivity contribution in [3.63, 3.8) is 0 Å². The third kappa shape index (κ3) is 0.402. The third-order valence-corrected chi connectivity index (χ3v) is 2.64. The number of hydrogen-bond acceptors (Lipinski definition) is 1. The summed E-state index contributed by atoms with van der Waals surface area (Å²) >= 11 is 1.83. The van der Waals surface area contributed by atoms with Crippen LogP contribution in [0.15, 0.2) is 10.8 Å². The van der Waals surface area contributed by atoms with Crippen molar-refractivity contribution in [2.45, 2.75) is 19.3 Å². The molecule has 0 aliphatic heterocycles. The maximum absolute atomic E-state index is 2.29. The summed E-state index contributed by atoms with van der Waals surface area (Å²) in [6.45, 7) is 2.29. The SMILES string of the molecule is CC1Cc2cscc21. The zero-order chi connectivity index (χ0) is 5.56. The van der Waals surface area contributed by atoms with Crippen LogP contribution < -0.4 is 0 Å². The first-order valence-corrected chi connectivity index (χ1v) is 3.87. The Morgan fingerprint density at radius 2 is 2.50 bits per heavy atom. The molecule has 1 aromatic rings. The van der Waals surface area contributed by atoms with Gasteiger partial charge in [0.25, 0.3) is 0 Å². The number of thiophene rings is 1. The first-order chi connectivity index (χ1) is 3.88. The molecule has 0 N–H and O–H groups in total. The molecule has 1 heterocycles. The van der Waals surface area contributed by atoms with Crippen molar-refractivity contribution in [3.05, 3.63) is 21.9 Å². The van der Waals surface area contributed by atoms with E-state index in [1.54, 1.807) is 11.1 Å². The van der Waals surface area contributed by atoms with Crippen LogP contribution in [-0.2, 0) is 6.42 Å². The standard InChI is InChI=1S/C7H8S/c1-5-2-6-3-8-4-7(5)6/h3-5H,2H2,1H3. The largest absolute Gasteiger partial charge is 0.152 e. The molecule has 0 aromatic carbocycles. The summed E-state index contributed by atoms with van der Waals surface area (Å²) in [5, 5.41) is 4.53. The summed E-state index contributed by atoms with van der Waals surface area (Å²) in [5.74, 6) is 0.858. The van der Waals surface area contributed by atoms with E-state index in [-0.39, 0.29) is 0 Å². The summed E-state index contributed by atoms with van der Waals surface area (Å²) in [7, 11) is 0. The fraction of sp³-hybridized carbons (Fsp3) is 0.429. The van der Waals surface area contributed by atoms with Gasteiger partial charge in [-0.05, 0) is 34.2 Å². The lowest BCUT2D eigenvalue weighted by molar-refractivity contribution is 0.675. The molecule has 1 heteroatoms. The molecule has 42 valence electrons. The third-order valence-electron chi connectivity index (χ3n) is 1.83. The van der Waals surface area contributed by atoms with Gasteiger partial charge in [0.15, 0.2) is 0 Å². The van der Waals surface area contributed by atoms with Crippen LogP contribution >= 0.6 is 11.3 Å². The molecule has 0 radical (unpaired) electrons. The Bertz CT molecular complexity index is 200. The molecule has 0 amide bonds. The summed E-state index contributed by atoms with van der Waals surface area (Å²) in [4.78, 5) is 0. The van der Waals surface area contributed by atoms with Crippen LogP contribution in [0.2, 0.25) is 0 Å². The minimum absolute atomic E-state index is 0.858. The highest BCUT2D eigenvalue weighted by molar-refractivity contribution is 7.08. The second-order valence-corrected chi connectivity index (χ2v) is 3.20. The van der Waals surface area contributed by atoms with Crippen molar-refractivity contribution in [2.24, 2.45) is 0 Å². The Kier molecular flexibility index (Phi) is 0.770. The van der Waals surface area contributed by atoms with E-state index in [2.05, 4.69) is 17.7 Å². The highest BCUT2D eigenvalue weighted by Gasteiger charge is 2.21. The second-order valence-electron chi connectivity index (χ2n) is 2.46. The summed E-state index contributed by atoms with van der Waals surface area (Å²) in [6, 6.07) is 0. The van der Waals surface area contributed by atoms with Gasteiger partial charge in [-0.15, -0.1) is 0 Å². The minimum atomic E-state index is 0.858. The average molecular weight is 124 g/mol. The normalized spacial score (nSPS) is 24.4. The Balaban J connectivity index is 2.53. The van der Waals surface area contributed by atoms with Crippen LogP contribution in [0.25, 0.3) is 0 Å². The van der Waals surface area contributed by atoms with E-state index in [0.717, 1.165) is 5.92 Å². The molecule has 0 bridgehead atoms. The van der Waals surface area contributed by atoms with Crippen molar-refractivity contribution in [1.29, 1.82) is 0 Å². The van der Waals surface area contributed by atoms with E-state index in [1.807, 2.05) is 11.3 Å². The molecule has 0 fully saturated rings. The highest BCUT2D eigenvalue weighted by Crippen LogP contribution is 2.36. The molecular weight excluding hydrogens is 116 g/mol. The van der Waals surface area contributed by atoms with Gasteiger partial charge < -0.3 is 0 Å². The van der Waals surface area contributed by atoms with Gasteiger partial charge in [0, 0.05) is 0 Å². The fourth-order valence-electron chi connectivity index (χ4n) is 1.24. The number of hydrogen-bond donors (Lipinski definition) is 0. The van der Waals surface area contributed by atoms with E-state index in [0.29, 0.717) is 0 Å². The molecule has 2 rings (SSSR count). The van der Waals surface area contributed by atoms with Gasteiger partial charge >= 0.3 is 0 Å². The van der Waals surface area contributed by atoms with E-state index in [4.69, 9.17) is 0 Å². The molecule has 1 atom stereocenters. The van der Waals surface area contributed by atoms with Crippen LogP contribution in [0.3, 0.4) is 0 Å². The molecule has 8 heavy (non-hydrogen) atoms. The van der Waals surface area contributed by atoms with Crippen LogP contribution in [0, 0.1) is 0 Å². The molecule has 1 aliphatic rings. The predicted octanol–water partition coefficient (Wildman–Crippen LogP) is 2.41. The van der Waals surface area contributed by atoms with E-state index in [1.165, 1.54) is 6.42 Å². The van der Waals surface area contributed by atoms with Crippen molar-refractivity contribution in [3.8, 4) is 0 Å². The summed E-state index contributed by atoms with van der Waals surface area (Å²) < 4.78 is 0. The van der Waals surface area contributed by atoms with E-state index in [9.17, 15) is 0 Å². The zero-order valence-corrected chi connectivity index (χ0v) is 5.66. The summed E-state index contributed by atoms with van der Waals surface area (Å²) in [5.41, 5.74) is 3.18. The first kappa shape index (κ1) is 4.57. The molecule has 0 saturated heterocycles. The summed E-state index contributed by atoms with van der Waals surface area (Å²) in [6.07, 6.45) is 1.32. The molecule has 0 saturated carbocycles. The van der Waals surface area contributed by atoms with Gasteiger partial charge in [0.1, 0.15) is 0 Å². The van der Waals surface area contributed by atoms with E-state index < -0.39 is 0 Å². The Morgan fingerprint density at radius 3 is 3.00 bits per heavy atom. The van der Waals surface area contributed by atoms with Crippen LogP contribution in [0.4, 0.5) is 0 Å². The maximum Gasteiger partial charge on any atom is -0.00556 e. The molecule has 0 nitrogen and oxygen atoms in total. The topological polar surface area (TPSA) is 0 Å². The van der Waals surface area contributed by atoms with E-state index >= 15 is 0 Å². The lowest BCUT2D eigenvalue weighted by atomic mass is 9.83.